The molecule has 1 unspecified atom stereocenters. The van der Waals surface area contributed by atoms with Crippen LogP contribution >= 0.6 is 0 Å². The van der Waals surface area contributed by atoms with Crippen LogP contribution < -0.4 is 4.74 Å². The maximum Gasteiger partial charge on any atom is 0.129 e. The average molecular weight is 300 g/mol. The Balaban J connectivity index is 1.33. The number of likely N-dealkylation sites (tertiary alicyclic amines) is 1. The van der Waals surface area contributed by atoms with E-state index in [1.54, 1.807) is 0 Å². The van der Waals surface area contributed by atoms with Crippen molar-refractivity contribution in [3.63, 3.8) is 0 Å². The lowest BCUT2D eigenvalue weighted by Crippen LogP contribution is -2.41. The number of nitrogens with one attached hydrogen (secondary N) is 1. The fourth-order valence-corrected chi connectivity index (χ4v) is 3.62. The molecule has 0 bridgehead atoms. The SMILES string of the molecule is c1cc(OC2CCN(CC3CCCO3)CC2)c2cc[nH]c2c1. The molecule has 2 aliphatic heterocycles. The van der Waals surface area contributed by atoms with Gasteiger partial charge in [0.15, 0.2) is 0 Å². The fraction of sp³-hybridized carbons (Fsp3) is 0.556. The van der Waals surface area contributed by atoms with Gasteiger partial charge in [-0.15, -0.1) is 0 Å². The molecule has 1 atom stereocenters. The number of aromatic amines is 1. The number of hydrogen-bond acceptors (Lipinski definition) is 3. The molecule has 2 saturated heterocycles. The highest BCUT2D eigenvalue weighted by Gasteiger charge is 2.25. The van der Waals surface area contributed by atoms with Gasteiger partial charge in [0.2, 0.25) is 0 Å². The van der Waals surface area contributed by atoms with Gasteiger partial charge in [-0.3, -0.25) is 0 Å². The van der Waals surface area contributed by atoms with Crippen LogP contribution in [0, 0.1) is 0 Å². The third-order valence-electron chi connectivity index (χ3n) is 4.87. The van der Waals surface area contributed by atoms with Gasteiger partial charge in [0.1, 0.15) is 11.9 Å². The lowest BCUT2D eigenvalue weighted by molar-refractivity contribution is 0.0444. The zero-order chi connectivity index (χ0) is 14.8. The third-order valence-corrected chi connectivity index (χ3v) is 4.87. The van der Waals surface area contributed by atoms with Crippen molar-refractivity contribution in [2.45, 2.75) is 37.9 Å². The number of aromatic nitrogens is 1. The predicted octanol–water partition coefficient (Wildman–Crippen LogP) is 3.19. The van der Waals surface area contributed by atoms with Gasteiger partial charge in [-0.2, -0.15) is 0 Å². The monoisotopic (exact) mass is 300 g/mol. The number of fused-ring (bicyclic) bond motifs is 1. The molecule has 1 N–H and O–H groups in total. The topological polar surface area (TPSA) is 37.5 Å². The Kier molecular flexibility index (Phi) is 4.04. The summed E-state index contributed by atoms with van der Waals surface area (Å²) in [7, 11) is 0. The van der Waals surface area contributed by atoms with E-state index >= 15 is 0 Å². The molecule has 118 valence electrons. The molecule has 2 fully saturated rings. The number of hydrogen-bond donors (Lipinski definition) is 1. The molecular weight excluding hydrogens is 276 g/mol. The summed E-state index contributed by atoms with van der Waals surface area (Å²) in [6.45, 7) is 4.28. The average Bonchev–Trinajstić information content (AvgIpc) is 3.21. The van der Waals surface area contributed by atoms with Crippen molar-refractivity contribution in [3.05, 3.63) is 30.5 Å². The summed E-state index contributed by atoms with van der Waals surface area (Å²) >= 11 is 0. The second kappa shape index (κ2) is 6.31. The molecule has 0 radical (unpaired) electrons. The maximum atomic E-state index is 6.27. The van der Waals surface area contributed by atoms with E-state index in [0.717, 1.165) is 50.3 Å². The van der Waals surface area contributed by atoms with Crippen LogP contribution in [0.25, 0.3) is 10.9 Å². The minimum Gasteiger partial charge on any atom is -0.490 e. The Morgan fingerprint density at radius 2 is 2.09 bits per heavy atom. The molecule has 0 amide bonds. The number of ether oxygens (including phenoxy) is 2. The second-order valence-corrected chi connectivity index (χ2v) is 6.45. The van der Waals surface area contributed by atoms with Crippen molar-refractivity contribution in [1.29, 1.82) is 0 Å². The zero-order valence-electron chi connectivity index (χ0n) is 13.0. The zero-order valence-corrected chi connectivity index (χ0v) is 13.0. The Labute approximate surface area is 131 Å². The summed E-state index contributed by atoms with van der Waals surface area (Å²) < 4.78 is 12.0. The first-order valence-electron chi connectivity index (χ1n) is 8.45. The molecule has 2 aromatic rings. The quantitative estimate of drug-likeness (QED) is 0.942. The minimum atomic E-state index is 0.334. The Bertz CT molecular complexity index is 610. The molecule has 0 aliphatic carbocycles. The van der Waals surface area contributed by atoms with Crippen LogP contribution in [0.3, 0.4) is 0 Å². The molecule has 4 heteroatoms. The van der Waals surface area contributed by atoms with E-state index in [1.807, 2.05) is 6.20 Å². The van der Waals surface area contributed by atoms with Crippen molar-refractivity contribution in [2.24, 2.45) is 0 Å². The van der Waals surface area contributed by atoms with Crippen LogP contribution in [-0.2, 0) is 4.74 Å². The highest BCUT2D eigenvalue weighted by atomic mass is 16.5. The van der Waals surface area contributed by atoms with Crippen molar-refractivity contribution >= 4 is 10.9 Å². The minimum absolute atomic E-state index is 0.334. The lowest BCUT2D eigenvalue weighted by atomic mass is 10.1. The number of piperidine rings is 1. The van der Waals surface area contributed by atoms with Crippen LogP contribution in [0.1, 0.15) is 25.7 Å². The normalized spacial score (nSPS) is 24.1. The van der Waals surface area contributed by atoms with E-state index in [0.29, 0.717) is 12.2 Å². The Hall–Kier alpha value is -1.52. The third kappa shape index (κ3) is 2.99. The van der Waals surface area contributed by atoms with Gasteiger partial charge < -0.3 is 19.4 Å². The van der Waals surface area contributed by atoms with Crippen LogP contribution in [0.2, 0.25) is 0 Å². The van der Waals surface area contributed by atoms with E-state index in [1.165, 1.54) is 18.2 Å². The van der Waals surface area contributed by atoms with Gasteiger partial charge in [0, 0.05) is 43.3 Å². The van der Waals surface area contributed by atoms with Gasteiger partial charge in [0.25, 0.3) is 0 Å². The highest BCUT2D eigenvalue weighted by Crippen LogP contribution is 2.27. The molecule has 2 aliphatic rings. The van der Waals surface area contributed by atoms with Crippen LogP contribution in [-0.4, -0.2) is 48.3 Å². The Morgan fingerprint density at radius 1 is 1.18 bits per heavy atom. The molecule has 1 aromatic carbocycles. The maximum absolute atomic E-state index is 6.27. The lowest BCUT2D eigenvalue weighted by Gasteiger charge is -2.33. The summed E-state index contributed by atoms with van der Waals surface area (Å²) in [6, 6.07) is 8.32. The Morgan fingerprint density at radius 3 is 2.91 bits per heavy atom. The van der Waals surface area contributed by atoms with E-state index in [-0.39, 0.29) is 0 Å². The molecule has 1 aromatic heterocycles. The number of nitrogens with zero attached hydrogens (tertiary/aromatic N) is 1. The first-order valence-corrected chi connectivity index (χ1v) is 8.45. The number of H-pyrrole nitrogens is 1. The fourth-order valence-electron chi connectivity index (χ4n) is 3.62. The molecule has 0 saturated carbocycles. The van der Waals surface area contributed by atoms with Gasteiger partial charge in [-0.1, -0.05) is 6.07 Å². The van der Waals surface area contributed by atoms with E-state index < -0.39 is 0 Å². The van der Waals surface area contributed by atoms with Gasteiger partial charge in [-0.05, 0) is 43.9 Å². The van der Waals surface area contributed by atoms with Crippen LogP contribution in [0.4, 0.5) is 0 Å². The summed E-state index contributed by atoms with van der Waals surface area (Å²) in [5.74, 6) is 1.01. The smallest absolute Gasteiger partial charge is 0.129 e. The van der Waals surface area contributed by atoms with Crippen molar-refractivity contribution in [1.82, 2.24) is 9.88 Å². The molecular formula is C18H24N2O2. The summed E-state index contributed by atoms with van der Waals surface area (Å²) in [5.41, 5.74) is 1.15. The van der Waals surface area contributed by atoms with Crippen molar-refractivity contribution in [2.75, 3.05) is 26.2 Å². The van der Waals surface area contributed by atoms with Gasteiger partial charge >= 0.3 is 0 Å². The van der Waals surface area contributed by atoms with Crippen molar-refractivity contribution in [3.8, 4) is 5.75 Å². The molecule has 3 heterocycles. The van der Waals surface area contributed by atoms with Crippen molar-refractivity contribution < 1.29 is 9.47 Å². The van der Waals surface area contributed by atoms with E-state index in [2.05, 4.69) is 34.1 Å². The standard InChI is InChI=1S/C18H24N2O2/c1-4-17-16(6-9-19-17)18(5-1)22-14-7-10-20(11-8-14)13-15-3-2-12-21-15/h1,4-6,9,14-15,19H,2-3,7-8,10-13H2. The first kappa shape index (κ1) is 14.1. The molecule has 4 rings (SSSR count). The van der Waals surface area contributed by atoms with Gasteiger partial charge in [-0.25, -0.2) is 0 Å². The predicted molar refractivity (Wildman–Crippen MR) is 87.4 cm³/mol. The molecule has 0 spiro atoms. The summed E-state index contributed by atoms with van der Waals surface area (Å²) in [4.78, 5) is 5.78. The van der Waals surface area contributed by atoms with Crippen LogP contribution in [0.5, 0.6) is 5.75 Å². The molecule has 4 nitrogen and oxygen atoms in total. The molecule has 22 heavy (non-hydrogen) atoms. The first-order chi connectivity index (χ1) is 10.9. The second-order valence-electron chi connectivity index (χ2n) is 6.45. The largest absolute Gasteiger partial charge is 0.490 e. The van der Waals surface area contributed by atoms with Gasteiger partial charge in [0.05, 0.1) is 6.10 Å². The summed E-state index contributed by atoms with van der Waals surface area (Å²) in [5, 5.41) is 1.18. The number of benzene rings is 1. The van der Waals surface area contributed by atoms with Crippen LogP contribution in [0.15, 0.2) is 30.5 Å². The number of rotatable bonds is 4. The highest BCUT2D eigenvalue weighted by molar-refractivity contribution is 5.85. The van der Waals surface area contributed by atoms with E-state index in [4.69, 9.17) is 9.47 Å². The van der Waals surface area contributed by atoms with E-state index in [9.17, 15) is 0 Å². The summed E-state index contributed by atoms with van der Waals surface area (Å²) in [6.07, 6.45) is 7.44.